The van der Waals surface area contributed by atoms with Gasteiger partial charge in [-0.05, 0) is 30.5 Å². The van der Waals surface area contributed by atoms with Crippen molar-refractivity contribution < 1.29 is 9.72 Å². The molecule has 0 aliphatic heterocycles. The summed E-state index contributed by atoms with van der Waals surface area (Å²) >= 11 is 0. The van der Waals surface area contributed by atoms with Gasteiger partial charge in [0.25, 0.3) is 5.69 Å². The van der Waals surface area contributed by atoms with Crippen LogP contribution >= 0.6 is 0 Å². The van der Waals surface area contributed by atoms with Crippen molar-refractivity contribution in [3.63, 3.8) is 0 Å². The van der Waals surface area contributed by atoms with Crippen LogP contribution in [0.2, 0.25) is 0 Å². The largest absolute Gasteiger partial charge is 0.385 e. The van der Waals surface area contributed by atoms with E-state index in [1.165, 1.54) is 12.1 Å². The van der Waals surface area contributed by atoms with Gasteiger partial charge in [-0.25, -0.2) is 0 Å². The SMILES string of the molecule is CCCN(Cc1ccccc1)C(=O)CCCNc1ccc([N+](=O)[O-])cc1. The predicted molar refractivity (Wildman–Crippen MR) is 103 cm³/mol. The number of hydrogen-bond donors (Lipinski definition) is 1. The van der Waals surface area contributed by atoms with Crippen LogP contribution in [0.1, 0.15) is 31.7 Å². The van der Waals surface area contributed by atoms with Crippen LogP contribution in [0.15, 0.2) is 54.6 Å². The van der Waals surface area contributed by atoms with Crippen molar-refractivity contribution in [3.05, 3.63) is 70.3 Å². The van der Waals surface area contributed by atoms with Gasteiger partial charge in [-0.15, -0.1) is 0 Å². The highest BCUT2D eigenvalue weighted by molar-refractivity contribution is 5.76. The minimum atomic E-state index is -0.419. The molecule has 0 aliphatic carbocycles. The number of anilines is 1. The number of rotatable bonds is 10. The number of carbonyl (C=O) groups is 1. The molecule has 0 heterocycles. The molecule has 26 heavy (non-hydrogen) atoms. The van der Waals surface area contributed by atoms with E-state index >= 15 is 0 Å². The van der Waals surface area contributed by atoms with Crippen molar-refractivity contribution in [2.45, 2.75) is 32.7 Å². The van der Waals surface area contributed by atoms with Crippen LogP contribution in [0.25, 0.3) is 0 Å². The minimum Gasteiger partial charge on any atom is -0.385 e. The number of hydrogen-bond acceptors (Lipinski definition) is 4. The lowest BCUT2D eigenvalue weighted by molar-refractivity contribution is -0.384. The van der Waals surface area contributed by atoms with Gasteiger partial charge in [-0.2, -0.15) is 0 Å². The maximum Gasteiger partial charge on any atom is 0.269 e. The molecular formula is C20H25N3O3. The second-order valence-corrected chi connectivity index (χ2v) is 6.14. The number of non-ortho nitro benzene ring substituents is 1. The summed E-state index contributed by atoms with van der Waals surface area (Å²) in [5, 5.41) is 13.8. The second-order valence-electron chi connectivity index (χ2n) is 6.14. The number of nitrogens with one attached hydrogen (secondary N) is 1. The zero-order valence-corrected chi connectivity index (χ0v) is 15.1. The Hall–Kier alpha value is -2.89. The summed E-state index contributed by atoms with van der Waals surface area (Å²) in [6.45, 7) is 4.11. The topological polar surface area (TPSA) is 75.5 Å². The summed E-state index contributed by atoms with van der Waals surface area (Å²) in [5.74, 6) is 0.154. The number of nitro groups is 1. The maximum absolute atomic E-state index is 12.5. The molecule has 1 N–H and O–H groups in total. The van der Waals surface area contributed by atoms with E-state index in [9.17, 15) is 14.9 Å². The highest BCUT2D eigenvalue weighted by atomic mass is 16.6. The zero-order valence-electron chi connectivity index (χ0n) is 15.1. The molecule has 0 bridgehead atoms. The number of amides is 1. The molecule has 0 unspecified atom stereocenters. The van der Waals surface area contributed by atoms with Crippen molar-refractivity contribution in [1.29, 1.82) is 0 Å². The molecule has 0 aromatic heterocycles. The number of nitrogens with zero attached hydrogens (tertiary/aromatic N) is 2. The van der Waals surface area contributed by atoms with Gasteiger partial charge < -0.3 is 10.2 Å². The highest BCUT2D eigenvalue weighted by Gasteiger charge is 2.12. The van der Waals surface area contributed by atoms with Crippen molar-refractivity contribution in [2.24, 2.45) is 0 Å². The Balaban J connectivity index is 1.77. The Morgan fingerprint density at radius 3 is 2.42 bits per heavy atom. The standard InChI is InChI=1S/C20H25N3O3/c1-2-15-22(16-17-7-4-3-5-8-17)20(24)9-6-14-21-18-10-12-19(13-11-18)23(25)26/h3-5,7-8,10-13,21H,2,6,9,14-16H2,1H3. The first kappa shape index (κ1) is 19.4. The number of benzene rings is 2. The fraction of sp³-hybridized carbons (Fsp3) is 0.350. The first-order valence-electron chi connectivity index (χ1n) is 8.90. The van der Waals surface area contributed by atoms with E-state index in [0.29, 0.717) is 25.9 Å². The molecule has 0 atom stereocenters. The average Bonchev–Trinajstić information content (AvgIpc) is 2.66. The molecule has 0 spiro atoms. The fourth-order valence-electron chi connectivity index (χ4n) is 2.70. The summed E-state index contributed by atoms with van der Waals surface area (Å²) in [6, 6.07) is 16.3. The van der Waals surface area contributed by atoms with Crippen molar-refractivity contribution >= 4 is 17.3 Å². The van der Waals surface area contributed by atoms with Crippen molar-refractivity contribution in [3.8, 4) is 0 Å². The monoisotopic (exact) mass is 355 g/mol. The molecule has 138 valence electrons. The van der Waals surface area contributed by atoms with Gasteiger partial charge in [0.2, 0.25) is 5.91 Å². The van der Waals surface area contributed by atoms with Gasteiger partial charge in [0.05, 0.1) is 4.92 Å². The molecule has 0 fully saturated rings. The van der Waals surface area contributed by atoms with E-state index in [0.717, 1.165) is 24.2 Å². The molecule has 2 rings (SSSR count). The van der Waals surface area contributed by atoms with Crippen LogP contribution in [0, 0.1) is 10.1 Å². The number of nitro benzene ring substituents is 1. The third kappa shape index (κ3) is 6.20. The van der Waals surface area contributed by atoms with Crippen LogP contribution in [0.4, 0.5) is 11.4 Å². The van der Waals surface area contributed by atoms with E-state index in [4.69, 9.17) is 0 Å². The third-order valence-corrected chi connectivity index (χ3v) is 4.04. The van der Waals surface area contributed by atoms with Gasteiger partial charge in [0.1, 0.15) is 0 Å². The van der Waals surface area contributed by atoms with Crippen LogP contribution in [0.5, 0.6) is 0 Å². The lowest BCUT2D eigenvalue weighted by Crippen LogP contribution is -2.31. The molecule has 1 amide bonds. The van der Waals surface area contributed by atoms with Gasteiger partial charge in [0.15, 0.2) is 0 Å². The van der Waals surface area contributed by atoms with Gasteiger partial charge in [0, 0.05) is 43.9 Å². The number of carbonyl (C=O) groups excluding carboxylic acids is 1. The lowest BCUT2D eigenvalue weighted by atomic mass is 10.2. The summed E-state index contributed by atoms with van der Waals surface area (Å²) < 4.78 is 0. The molecule has 6 nitrogen and oxygen atoms in total. The van der Waals surface area contributed by atoms with Crippen LogP contribution in [-0.2, 0) is 11.3 Å². The quantitative estimate of drug-likeness (QED) is 0.393. The lowest BCUT2D eigenvalue weighted by Gasteiger charge is -2.22. The molecule has 0 saturated carbocycles. The summed E-state index contributed by atoms with van der Waals surface area (Å²) in [7, 11) is 0. The Bertz CT molecular complexity index is 702. The smallest absolute Gasteiger partial charge is 0.269 e. The fourth-order valence-corrected chi connectivity index (χ4v) is 2.70. The first-order valence-corrected chi connectivity index (χ1v) is 8.90. The molecule has 2 aromatic carbocycles. The Morgan fingerprint density at radius 2 is 1.81 bits per heavy atom. The van der Waals surface area contributed by atoms with Crippen molar-refractivity contribution in [1.82, 2.24) is 4.90 Å². The van der Waals surface area contributed by atoms with E-state index < -0.39 is 4.92 Å². The third-order valence-electron chi connectivity index (χ3n) is 4.04. The van der Waals surface area contributed by atoms with Gasteiger partial charge in [-0.1, -0.05) is 37.3 Å². The van der Waals surface area contributed by atoms with E-state index in [-0.39, 0.29) is 11.6 Å². The average molecular weight is 355 g/mol. The summed E-state index contributed by atoms with van der Waals surface area (Å²) in [6.07, 6.45) is 2.12. The van der Waals surface area contributed by atoms with E-state index in [2.05, 4.69) is 12.2 Å². The second kappa shape index (κ2) is 10.2. The zero-order chi connectivity index (χ0) is 18.8. The summed E-state index contributed by atoms with van der Waals surface area (Å²) in [5.41, 5.74) is 2.03. The maximum atomic E-state index is 12.5. The van der Waals surface area contributed by atoms with Gasteiger partial charge >= 0.3 is 0 Å². The minimum absolute atomic E-state index is 0.0712. The van der Waals surface area contributed by atoms with Crippen LogP contribution in [0.3, 0.4) is 0 Å². The molecule has 6 heteroatoms. The van der Waals surface area contributed by atoms with E-state index in [1.54, 1.807) is 12.1 Å². The summed E-state index contributed by atoms with van der Waals surface area (Å²) in [4.78, 5) is 24.6. The Kier molecular flexibility index (Phi) is 7.61. The Morgan fingerprint density at radius 1 is 1.12 bits per heavy atom. The molecule has 0 saturated heterocycles. The van der Waals surface area contributed by atoms with Crippen LogP contribution < -0.4 is 5.32 Å². The Labute approximate surface area is 154 Å². The predicted octanol–water partition coefficient (Wildman–Crippen LogP) is 4.23. The molecule has 2 aromatic rings. The van der Waals surface area contributed by atoms with Gasteiger partial charge in [-0.3, -0.25) is 14.9 Å². The first-order chi connectivity index (χ1) is 12.6. The molecule has 0 radical (unpaired) electrons. The molecule has 0 aliphatic rings. The molecular weight excluding hydrogens is 330 g/mol. The highest BCUT2D eigenvalue weighted by Crippen LogP contribution is 2.15. The normalized spacial score (nSPS) is 10.3. The van der Waals surface area contributed by atoms with Crippen molar-refractivity contribution in [2.75, 3.05) is 18.4 Å². The van der Waals surface area contributed by atoms with Crippen LogP contribution in [-0.4, -0.2) is 28.8 Å². The van der Waals surface area contributed by atoms with E-state index in [1.807, 2.05) is 35.2 Å².